The van der Waals surface area contributed by atoms with E-state index in [0.29, 0.717) is 37.2 Å². The lowest BCUT2D eigenvalue weighted by Gasteiger charge is -2.31. The highest BCUT2D eigenvalue weighted by Crippen LogP contribution is 2.27. The van der Waals surface area contributed by atoms with Crippen LogP contribution in [0, 0.1) is 18.3 Å². The Morgan fingerprint density at radius 1 is 1.28 bits per heavy atom. The van der Waals surface area contributed by atoms with Crippen molar-refractivity contribution in [2.45, 2.75) is 19.4 Å². The van der Waals surface area contributed by atoms with Gasteiger partial charge in [0.2, 0.25) is 0 Å². The van der Waals surface area contributed by atoms with Crippen LogP contribution in [0.5, 0.6) is 11.5 Å². The Morgan fingerprint density at radius 2 is 2.00 bits per heavy atom. The van der Waals surface area contributed by atoms with Crippen LogP contribution in [0.25, 0.3) is 0 Å². The van der Waals surface area contributed by atoms with Gasteiger partial charge in [-0.25, -0.2) is 4.79 Å². The van der Waals surface area contributed by atoms with Crippen molar-refractivity contribution in [3.05, 3.63) is 23.8 Å². The zero-order valence-electron chi connectivity index (χ0n) is 14.9. The van der Waals surface area contributed by atoms with Gasteiger partial charge in [-0.05, 0) is 36.5 Å². The van der Waals surface area contributed by atoms with E-state index in [-0.39, 0.29) is 6.03 Å². The van der Waals surface area contributed by atoms with Gasteiger partial charge in [-0.3, -0.25) is 0 Å². The highest BCUT2D eigenvalue weighted by atomic mass is 16.5. The van der Waals surface area contributed by atoms with Gasteiger partial charge in [0.15, 0.2) is 11.5 Å². The number of piperidine rings is 1. The first-order valence-electron chi connectivity index (χ1n) is 8.42. The smallest absolute Gasteiger partial charge is 0.317 e. The van der Waals surface area contributed by atoms with Gasteiger partial charge in [-0.15, -0.1) is 6.42 Å². The summed E-state index contributed by atoms with van der Waals surface area (Å²) in [5, 5.41) is 2.96. The zero-order valence-corrected chi connectivity index (χ0v) is 14.9. The van der Waals surface area contributed by atoms with Crippen LogP contribution in [0.4, 0.5) is 4.79 Å². The summed E-state index contributed by atoms with van der Waals surface area (Å²) in [5.41, 5.74) is 0.962. The number of nitrogens with zero attached hydrogens (tertiary/aromatic N) is 1. The second-order valence-electron chi connectivity index (χ2n) is 6.00. The molecule has 6 heteroatoms. The molecule has 1 saturated heterocycles. The summed E-state index contributed by atoms with van der Waals surface area (Å²) in [5.74, 6) is 4.27. The molecule has 2 rings (SSSR count). The lowest BCUT2D eigenvalue weighted by molar-refractivity contribution is 0.0911. The number of ether oxygens (including phenoxy) is 3. The molecular weight excluding hydrogens is 320 g/mol. The van der Waals surface area contributed by atoms with Crippen molar-refractivity contribution >= 4 is 6.03 Å². The largest absolute Gasteiger partial charge is 0.493 e. The maximum atomic E-state index is 12.3. The number of benzene rings is 1. The van der Waals surface area contributed by atoms with Crippen molar-refractivity contribution in [1.29, 1.82) is 0 Å². The molecule has 0 spiro atoms. The quantitative estimate of drug-likeness (QED) is 0.608. The Hall–Kier alpha value is -2.39. The van der Waals surface area contributed by atoms with Gasteiger partial charge < -0.3 is 24.4 Å². The van der Waals surface area contributed by atoms with Crippen LogP contribution in [0.2, 0.25) is 0 Å². The fourth-order valence-electron chi connectivity index (χ4n) is 2.87. The summed E-state index contributed by atoms with van der Waals surface area (Å²) in [6.07, 6.45) is 7.05. The Morgan fingerprint density at radius 3 is 2.64 bits per heavy atom. The number of terminal acetylenes is 1. The fraction of sp³-hybridized carbons (Fsp3) is 0.526. The van der Waals surface area contributed by atoms with Crippen LogP contribution >= 0.6 is 0 Å². The minimum Gasteiger partial charge on any atom is -0.493 e. The SMILES string of the molecule is C#CCOCC1CCN(C(=O)NCc2ccc(OC)c(OC)c2)CC1. The van der Waals surface area contributed by atoms with Crippen LogP contribution < -0.4 is 14.8 Å². The van der Waals surface area contributed by atoms with E-state index in [4.69, 9.17) is 20.6 Å². The molecule has 0 atom stereocenters. The van der Waals surface area contributed by atoms with Gasteiger partial charge in [0.05, 0.1) is 20.8 Å². The normalized spacial score (nSPS) is 14.7. The molecule has 0 aromatic heterocycles. The van der Waals surface area contributed by atoms with E-state index in [1.54, 1.807) is 14.2 Å². The number of hydrogen-bond donors (Lipinski definition) is 1. The summed E-state index contributed by atoms with van der Waals surface area (Å²) in [7, 11) is 3.19. The molecule has 6 nitrogen and oxygen atoms in total. The van der Waals surface area contributed by atoms with Gasteiger partial charge in [-0.1, -0.05) is 12.0 Å². The van der Waals surface area contributed by atoms with Crippen molar-refractivity contribution in [3.8, 4) is 23.8 Å². The Bertz CT molecular complexity index is 604. The number of nitrogens with one attached hydrogen (secondary N) is 1. The van der Waals surface area contributed by atoms with Crippen molar-refractivity contribution in [2.24, 2.45) is 5.92 Å². The van der Waals surface area contributed by atoms with E-state index in [1.807, 2.05) is 23.1 Å². The molecule has 2 amide bonds. The Kier molecular flexibility index (Phi) is 7.42. The van der Waals surface area contributed by atoms with Crippen molar-refractivity contribution < 1.29 is 19.0 Å². The molecular formula is C19H26N2O4. The molecule has 136 valence electrons. The summed E-state index contributed by atoms with van der Waals surface area (Å²) in [6, 6.07) is 5.57. The lowest BCUT2D eigenvalue weighted by Crippen LogP contribution is -2.44. The first-order valence-corrected chi connectivity index (χ1v) is 8.42. The predicted molar refractivity (Wildman–Crippen MR) is 95.7 cm³/mol. The topological polar surface area (TPSA) is 60.0 Å². The second-order valence-corrected chi connectivity index (χ2v) is 6.00. The molecule has 0 saturated carbocycles. The maximum absolute atomic E-state index is 12.3. The molecule has 1 aromatic rings. The number of methoxy groups -OCH3 is 2. The monoisotopic (exact) mass is 346 g/mol. The number of likely N-dealkylation sites (tertiary alicyclic amines) is 1. The Balaban J connectivity index is 1.77. The minimum absolute atomic E-state index is 0.0437. The highest BCUT2D eigenvalue weighted by molar-refractivity contribution is 5.74. The van der Waals surface area contributed by atoms with Gasteiger partial charge in [0, 0.05) is 19.6 Å². The van der Waals surface area contributed by atoms with Crippen molar-refractivity contribution in [2.75, 3.05) is 40.5 Å². The molecule has 0 unspecified atom stereocenters. The second kappa shape index (κ2) is 9.80. The standard InChI is InChI=1S/C19H26N2O4/c1-4-11-25-14-15-7-9-21(10-8-15)19(22)20-13-16-5-6-17(23-2)18(12-16)24-3/h1,5-6,12,15H,7-11,13-14H2,2-3H3,(H,20,22). The summed E-state index contributed by atoms with van der Waals surface area (Å²) < 4.78 is 15.9. The van der Waals surface area contributed by atoms with Gasteiger partial charge in [0.1, 0.15) is 6.61 Å². The number of rotatable bonds is 7. The molecule has 1 aliphatic heterocycles. The predicted octanol–water partition coefficient (Wildman–Crippen LogP) is 2.28. The number of amides is 2. The first-order chi connectivity index (χ1) is 12.2. The average molecular weight is 346 g/mol. The van der Waals surface area contributed by atoms with Gasteiger partial charge in [0.25, 0.3) is 0 Å². The lowest BCUT2D eigenvalue weighted by atomic mass is 9.98. The highest BCUT2D eigenvalue weighted by Gasteiger charge is 2.22. The molecule has 0 aliphatic carbocycles. The van der Waals surface area contributed by atoms with Gasteiger partial charge >= 0.3 is 6.03 Å². The third-order valence-electron chi connectivity index (χ3n) is 4.33. The van der Waals surface area contributed by atoms with Crippen LogP contribution in [-0.4, -0.2) is 51.5 Å². The molecule has 25 heavy (non-hydrogen) atoms. The van der Waals surface area contributed by atoms with E-state index in [0.717, 1.165) is 31.5 Å². The molecule has 1 fully saturated rings. The number of urea groups is 1. The van der Waals surface area contributed by atoms with Crippen LogP contribution in [0.3, 0.4) is 0 Å². The van der Waals surface area contributed by atoms with Crippen LogP contribution in [0.15, 0.2) is 18.2 Å². The molecule has 0 radical (unpaired) electrons. The number of carbonyl (C=O) groups is 1. The van der Waals surface area contributed by atoms with Gasteiger partial charge in [-0.2, -0.15) is 0 Å². The molecule has 1 N–H and O–H groups in total. The van der Waals surface area contributed by atoms with E-state index in [1.165, 1.54) is 0 Å². The molecule has 0 bridgehead atoms. The summed E-state index contributed by atoms with van der Waals surface area (Å²) in [4.78, 5) is 14.2. The summed E-state index contributed by atoms with van der Waals surface area (Å²) in [6.45, 7) is 2.95. The van der Waals surface area contributed by atoms with Crippen molar-refractivity contribution in [3.63, 3.8) is 0 Å². The van der Waals surface area contributed by atoms with E-state index < -0.39 is 0 Å². The Labute approximate surface area is 149 Å². The van der Waals surface area contributed by atoms with Crippen molar-refractivity contribution in [1.82, 2.24) is 10.2 Å². The van der Waals surface area contributed by atoms with Crippen LogP contribution in [-0.2, 0) is 11.3 Å². The third-order valence-corrected chi connectivity index (χ3v) is 4.33. The zero-order chi connectivity index (χ0) is 18.1. The van der Waals surface area contributed by atoms with E-state index >= 15 is 0 Å². The molecule has 1 aliphatic rings. The number of carbonyl (C=O) groups excluding carboxylic acids is 1. The average Bonchev–Trinajstić information content (AvgIpc) is 2.66. The number of hydrogen-bond acceptors (Lipinski definition) is 4. The van der Waals surface area contributed by atoms with E-state index in [2.05, 4.69) is 11.2 Å². The maximum Gasteiger partial charge on any atom is 0.317 e. The fourth-order valence-corrected chi connectivity index (χ4v) is 2.87. The van der Waals surface area contributed by atoms with Crippen LogP contribution in [0.1, 0.15) is 18.4 Å². The minimum atomic E-state index is -0.0437. The molecule has 1 aromatic carbocycles. The summed E-state index contributed by atoms with van der Waals surface area (Å²) >= 11 is 0. The molecule has 1 heterocycles. The third kappa shape index (κ3) is 5.57. The first kappa shape index (κ1) is 18.9. The van der Waals surface area contributed by atoms with E-state index in [9.17, 15) is 4.79 Å².